The predicted octanol–water partition coefficient (Wildman–Crippen LogP) is 3.14. The Hall–Kier alpha value is -3.35. The third-order valence-electron chi connectivity index (χ3n) is 5.36. The molecule has 158 valence electrons. The summed E-state index contributed by atoms with van der Waals surface area (Å²) < 4.78 is 5.46. The Morgan fingerprint density at radius 3 is 2.13 bits per heavy atom. The fourth-order valence-corrected chi connectivity index (χ4v) is 3.60. The molecule has 0 bridgehead atoms. The van der Waals surface area contributed by atoms with Crippen molar-refractivity contribution in [1.82, 2.24) is 10.6 Å². The van der Waals surface area contributed by atoms with Gasteiger partial charge in [-0.25, -0.2) is 4.79 Å². The van der Waals surface area contributed by atoms with Gasteiger partial charge in [-0.1, -0.05) is 62.4 Å². The third-order valence-corrected chi connectivity index (χ3v) is 5.36. The molecule has 7 heteroatoms. The minimum absolute atomic E-state index is 0.00294. The van der Waals surface area contributed by atoms with Gasteiger partial charge < -0.3 is 20.5 Å². The van der Waals surface area contributed by atoms with Crippen LogP contribution in [0.25, 0.3) is 11.1 Å². The standard InChI is InChI=1S/C23H26N2O5/c1-3-20(21(26)24-12-14(2)22(27)28)25-23(29)30-13-19-17-10-6-4-8-15(17)16-9-5-7-11-18(16)19/h4-11,14,19-20H,3,12-13H2,1-2H3,(H,24,26)(H,25,29)(H,27,28). The van der Waals surface area contributed by atoms with E-state index in [1.165, 1.54) is 6.92 Å². The lowest BCUT2D eigenvalue weighted by molar-refractivity contribution is -0.141. The van der Waals surface area contributed by atoms with Gasteiger partial charge in [-0.3, -0.25) is 9.59 Å². The minimum Gasteiger partial charge on any atom is -0.481 e. The number of benzene rings is 2. The Balaban J connectivity index is 1.59. The first-order chi connectivity index (χ1) is 14.4. The highest BCUT2D eigenvalue weighted by molar-refractivity contribution is 5.86. The molecular formula is C23H26N2O5. The van der Waals surface area contributed by atoms with Crippen LogP contribution in [0.15, 0.2) is 48.5 Å². The van der Waals surface area contributed by atoms with E-state index in [0.29, 0.717) is 6.42 Å². The molecule has 30 heavy (non-hydrogen) atoms. The Morgan fingerprint density at radius 2 is 1.60 bits per heavy atom. The Labute approximate surface area is 175 Å². The zero-order valence-corrected chi connectivity index (χ0v) is 17.1. The molecule has 0 fully saturated rings. The summed E-state index contributed by atoms with van der Waals surface area (Å²) in [6.07, 6.45) is -0.317. The molecule has 0 heterocycles. The van der Waals surface area contributed by atoms with Crippen LogP contribution < -0.4 is 10.6 Å². The van der Waals surface area contributed by atoms with Crippen molar-refractivity contribution in [3.63, 3.8) is 0 Å². The van der Waals surface area contributed by atoms with Gasteiger partial charge in [-0.15, -0.1) is 0 Å². The van der Waals surface area contributed by atoms with Gasteiger partial charge in [0.1, 0.15) is 12.6 Å². The van der Waals surface area contributed by atoms with Gasteiger partial charge in [0, 0.05) is 12.5 Å². The first-order valence-electron chi connectivity index (χ1n) is 10.0. The van der Waals surface area contributed by atoms with Crippen molar-refractivity contribution < 1.29 is 24.2 Å². The lowest BCUT2D eigenvalue weighted by Crippen LogP contribution is -2.48. The summed E-state index contributed by atoms with van der Waals surface area (Å²) in [6.45, 7) is 3.42. The van der Waals surface area contributed by atoms with Crippen LogP contribution in [0.4, 0.5) is 4.79 Å². The molecule has 1 aliphatic carbocycles. The lowest BCUT2D eigenvalue weighted by Gasteiger charge is -2.19. The molecule has 2 unspecified atom stereocenters. The molecule has 7 nitrogen and oxygen atoms in total. The second kappa shape index (κ2) is 9.43. The van der Waals surface area contributed by atoms with E-state index in [1.54, 1.807) is 6.92 Å². The van der Waals surface area contributed by atoms with Crippen LogP contribution >= 0.6 is 0 Å². The molecule has 3 N–H and O–H groups in total. The van der Waals surface area contributed by atoms with Crippen LogP contribution in [0.5, 0.6) is 0 Å². The van der Waals surface area contributed by atoms with Crippen LogP contribution in [0.1, 0.15) is 37.3 Å². The molecule has 2 aromatic carbocycles. The SMILES string of the molecule is CCC(NC(=O)OCC1c2ccccc2-c2ccccc21)C(=O)NCC(C)C(=O)O. The van der Waals surface area contributed by atoms with Crippen molar-refractivity contribution in [1.29, 1.82) is 0 Å². The third kappa shape index (κ3) is 4.62. The van der Waals surface area contributed by atoms with Crippen molar-refractivity contribution in [3.05, 3.63) is 59.7 Å². The maximum atomic E-state index is 12.3. The normalized spacial score (nSPS) is 14.2. The number of rotatable bonds is 8. The number of carboxylic acid groups (broad SMARTS) is 1. The van der Waals surface area contributed by atoms with Gasteiger partial charge in [0.2, 0.25) is 5.91 Å². The highest BCUT2D eigenvalue weighted by Crippen LogP contribution is 2.44. The van der Waals surface area contributed by atoms with Crippen molar-refractivity contribution in [2.75, 3.05) is 13.2 Å². The lowest BCUT2D eigenvalue weighted by atomic mass is 9.98. The van der Waals surface area contributed by atoms with Crippen LogP contribution in [-0.2, 0) is 14.3 Å². The van der Waals surface area contributed by atoms with E-state index in [2.05, 4.69) is 22.8 Å². The molecule has 0 saturated heterocycles. The number of aliphatic carboxylic acids is 1. The van der Waals surface area contributed by atoms with E-state index in [-0.39, 0.29) is 19.1 Å². The van der Waals surface area contributed by atoms with Gasteiger partial charge in [0.25, 0.3) is 0 Å². The first-order valence-corrected chi connectivity index (χ1v) is 10.0. The molecule has 3 rings (SSSR count). The van der Waals surface area contributed by atoms with Crippen molar-refractivity contribution >= 4 is 18.0 Å². The summed E-state index contributed by atoms with van der Waals surface area (Å²) in [7, 11) is 0. The molecule has 2 atom stereocenters. The average molecular weight is 410 g/mol. The zero-order chi connectivity index (χ0) is 21.7. The second-order valence-electron chi connectivity index (χ2n) is 7.42. The molecule has 1 aliphatic rings. The quantitative estimate of drug-likeness (QED) is 0.620. The summed E-state index contributed by atoms with van der Waals surface area (Å²) in [5.74, 6) is -2.19. The predicted molar refractivity (Wildman–Crippen MR) is 112 cm³/mol. The number of carboxylic acids is 1. The highest BCUT2D eigenvalue weighted by Gasteiger charge is 2.29. The molecule has 2 amide bonds. The monoisotopic (exact) mass is 410 g/mol. The Kier molecular flexibility index (Phi) is 6.72. The van der Waals surface area contributed by atoms with Crippen molar-refractivity contribution in [3.8, 4) is 11.1 Å². The average Bonchev–Trinajstić information content (AvgIpc) is 3.07. The van der Waals surface area contributed by atoms with E-state index in [0.717, 1.165) is 22.3 Å². The summed E-state index contributed by atoms with van der Waals surface area (Å²) >= 11 is 0. The number of fused-ring (bicyclic) bond motifs is 3. The molecule has 0 spiro atoms. The minimum atomic E-state index is -0.993. The number of nitrogens with one attached hydrogen (secondary N) is 2. The van der Waals surface area contributed by atoms with Gasteiger partial charge in [0.05, 0.1) is 5.92 Å². The molecule has 0 radical (unpaired) electrons. The Morgan fingerprint density at radius 1 is 1.03 bits per heavy atom. The number of carbonyl (C=O) groups is 3. The maximum absolute atomic E-state index is 12.3. The summed E-state index contributed by atoms with van der Waals surface area (Å²) in [4.78, 5) is 35.5. The molecule has 0 aromatic heterocycles. The van der Waals surface area contributed by atoms with Crippen LogP contribution in [0.2, 0.25) is 0 Å². The molecule has 2 aromatic rings. The summed E-state index contributed by atoms with van der Waals surface area (Å²) in [6, 6.07) is 15.3. The fraction of sp³-hybridized carbons (Fsp3) is 0.348. The van der Waals surface area contributed by atoms with Gasteiger partial charge in [0.15, 0.2) is 0 Å². The number of amides is 2. The first kappa shape index (κ1) is 21.4. The smallest absolute Gasteiger partial charge is 0.407 e. The van der Waals surface area contributed by atoms with Crippen LogP contribution in [-0.4, -0.2) is 42.3 Å². The van der Waals surface area contributed by atoms with Gasteiger partial charge in [-0.2, -0.15) is 0 Å². The van der Waals surface area contributed by atoms with E-state index in [4.69, 9.17) is 9.84 Å². The Bertz CT molecular complexity index is 897. The van der Waals surface area contributed by atoms with E-state index in [9.17, 15) is 14.4 Å². The van der Waals surface area contributed by atoms with Crippen LogP contribution in [0.3, 0.4) is 0 Å². The van der Waals surface area contributed by atoms with Gasteiger partial charge >= 0.3 is 12.1 Å². The summed E-state index contributed by atoms with van der Waals surface area (Å²) in [5, 5.41) is 14.0. The van der Waals surface area contributed by atoms with E-state index >= 15 is 0 Å². The molecule has 0 saturated carbocycles. The van der Waals surface area contributed by atoms with E-state index in [1.807, 2.05) is 36.4 Å². The number of hydrogen-bond acceptors (Lipinski definition) is 4. The van der Waals surface area contributed by atoms with Crippen molar-refractivity contribution in [2.24, 2.45) is 5.92 Å². The van der Waals surface area contributed by atoms with E-state index < -0.39 is 29.9 Å². The number of alkyl carbamates (subject to hydrolysis) is 1. The number of carbonyl (C=O) groups excluding carboxylic acids is 2. The number of hydrogen-bond donors (Lipinski definition) is 3. The molecular weight excluding hydrogens is 384 g/mol. The fourth-order valence-electron chi connectivity index (χ4n) is 3.60. The van der Waals surface area contributed by atoms with Crippen LogP contribution in [0, 0.1) is 5.92 Å². The zero-order valence-electron chi connectivity index (χ0n) is 17.1. The topological polar surface area (TPSA) is 105 Å². The largest absolute Gasteiger partial charge is 0.481 e. The second-order valence-corrected chi connectivity index (χ2v) is 7.42. The number of ether oxygens (including phenoxy) is 1. The van der Waals surface area contributed by atoms with Gasteiger partial charge in [-0.05, 0) is 28.7 Å². The van der Waals surface area contributed by atoms with Crippen molar-refractivity contribution in [2.45, 2.75) is 32.2 Å². The maximum Gasteiger partial charge on any atom is 0.407 e. The highest BCUT2D eigenvalue weighted by atomic mass is 16.5. The summed E-state index contributed by atoms with van der Waals surface area (Å²) in [5.41, 5.74) is 4.50. The molecule has 0 aliphatic heterocycles.